The predicted octanol–water partition coefficient (Wildman–Crippen LogP) is 0.610. The molecular formula is C8H14F3NO3. The van der Waals surface area contributed by atoms with Crippen LogP contribution in [0.4, 0.5) is 13.2 Å². The molecule has 0 spiro atoms. The second kappa shape index (κ2) is 5.92. The van der Waals surface area contributed by atoms with Crippen molar-refractivity contribution >= 4 is 5.97 Å². The van der Waals surface area contributed by atoms with Gasteiger partial charge in [-0.05, 0) is 6.42 Å². The molecule has 0 aromatic rings. The first-order chi connectivity index (χ1) is 6.79. The lowest BCUT2D eigenvalue weighted by Crippen LogP contribution is -2.41. The molecule has 0 heterocycles. The van der Waals surface area contributed by atoms with E-state index in [4.69, 9.17) is 10.2 Å². The minimum absolute atomic E-state index is 0.0453. The van der Waals surface area contributed by atoms with Gasteiger partial charge in [0.25, 0.3) is 0 Å². The van der Waals surface area contributed by atoms with Crippen LogP contribution >= 0.6 is 0 Å². The van der Waals surface area contributed by atoms with Gasteiger partial charge >= 0.3 is 12.1 Å². The fourth-order valence-corrected chi connectivity index (χ4v) is 0.882. The molecule has 0 saturated heterocycles. The van der Waals surface area contributed by atoms with Crippen molar-refractivity contribution in [1.82, 2.24) is 5.32 Å². The summed E-state index contributed by atoms with van der Waals surface area (Å²) in [7, 11) is 0. The van der Waals surface area contributed by atoms with E-state index in [0.29, 0.717) is 6.42 Å². The zero-order valence-corrected chi connectivity index (χ0v) is 8.21. The molecular weight excluding hydrogens is 215 g/mol. The van der Waals surface area contributed by atoms with Gasteiger partial charge in [0, 0.05) is 13.1 Å². The van der Waals surface area contributed by atoms with E-state index in [1.54, 1.807) is 6.92 Å². The first-order valence-corrected chi connectivity index (χ1v) is 4.47. The van der Waals surface area contributed by atoms with Crippen molar-refractivity contribution in [2.24, 2.45) is 5.92 Å². The number of aliphatic carboxylic acids is 1. The molecule has 0 rings (SSSR count). The molecule has 0 amide bonds. The van der Waals surface area contributed by atoms with Crippen molar-refractivity contribution in [2.45, 2.75) is 25.6 Å². The Kier molecular flexibility index (Phi) is 5.59. The first kappa shape index (κ1) is 14.2. The number of aliphatic hydroxyl groups is 1. The van der Waals surface area contributed by atoms with E-state index in [9.17, 15) is 18.0 Å². The molecule has 3 N–H and O–H groups in total. The number of aliphatic hydroxyl groups excluding tert-OH is 1. The summed E-state index contributed by atoms with van der Waals surface area (Å²) in [6.45, 7) is 0.900. The van der Waals surface area contributed by atoms with Crippen LogP contribution in [0.5, 0.6) is 0 Å². The van der Waals surface area contributed by atoms with Gasteiger partial charge in [-0.2, -0.15) is 13.2 Å². The maximum atomic E-state index is 12.1. The summed E-state index contributed by atoms with van der Waals surface area (Å²) < 4.78 is 36.3. The van der Waals surface area contributed by atoms with E-state index in [1.165, 1.54) is 0 Å². The maximum absolute atomic E-state index is 12.1. The van der Waals surface area contributed by atoms with Crippen LogP contribution in [0.2, 0.25) is 0 Å². The molecule has 0 fully saturated rings. The summed E-state index contributed by atoms with van der Waals surface area (Å²) in [4.78, 5) is 10.3. The molecule has 0 bridgehead atoms. The van der Waals surface area contributed by atoms with Crippen molar-refractivity contribution < 1.29 is 28.2 Å². The van der Waals surface area contributed by atoms with Crippen molar-refractivity contribution in [3.05, 3.63) is 0 Å². The highest BCUT2D eigenvalue weighted by atomic mass is 19.4. The molecule has 0 radical (unpaired) electrons. The van der Waals surface area contributed by atoms with E-state index >= 15 is 0 Å². The zero-order chi connectivity index (χ0) is 12.1. The molecule has 0 aromatic carbocycles. The lowest BCUT2D eigenvalue weighted by molar-refractivity contribution is -0.192. The second-order valence-corrected chi connectivity index (χ2v) is 3.15. The van der Waals surface area contributed by atoms with Crippen LogP contribution in [0.3, 0.4) is 0 Å². The van der Waals surface area contributed by atoms with Crippen molar-refractivity contribution in [3.63, 3.8) is 0 Å². The molecule has 0 saturated carbocycles. The quantitative estimate of drug-likeness (QED) is 0.624. The number of hydrogen-bond acceptors (Lipinski definition) is 3. The summed E-state index contributed by atoms with van der Waals surface area (Å²) in [5.41, 5.74) is 0. The average Bonchev–Trinajstić information content (AvgIpc) is 2.09. The van der Waals surface area contributed by atoms with Crippen LogP contribution in [0.1, 0.15) is 13.3 Å². The number of halogens is 3. The number of alkyl halides is 3. The monoisotopic (exact) mass is 229 g/mol. The van der Waals surface area contributed by atoms with Gasteiger partial charge in [0.15, 0.2) is 5.92 Å². The fraction of sp³-hybridized carbons (Fsp3) is 0.875. The standard InChI is InChI=1S/C8H14F3NO3/c1-2-5(13)3-12-4-6(7(14)15)8(9,10)11/h5-6,12-13H,2-4H2,1H3,(H,14,15). The smallest absolute Gasteiger partial charge is 0.403 e. The van der Waals surface area contributed by atoms with Crippen LogP contribution in [-0.2, 0) is 4.79 Å². The Hall–Kier alpha value is -0.820. The van der Waals surface area contributed by atoms with E-state index < -0.39 is 30.7 Å². The summed E-state index contributed by atoms with van der Waals surface area (Å²) in [6.07, 6.45) is -5.13. The fourth-order valence-electron chi connectivity index (χ4n) is 0.882. The highest BCUT2D eigenvalue weighted by molar-refractivity contribution is 5.71. The lowest BCUT2D eigenvalue weighted by atomic mass is 10.1. The minimum Gasteiger partial charge on any atom is -0.481 e. The average molecular weight is 229 g/mol. The molecule has 0 aliphatic carbocycles. The normalized spacial score (nSPS) is 16.1. The second-order valence-electron chi connectivity index (χ2n) is 3.15. The third-order valence-corrected chi connectivity index (χ3v) is 1.89. The zero-order valence-electron chi connectivity index (χ0n) is 8.21. The number of nitrogens with one attached hydrogen (secondary N) is 1. The summed E-state index contributed by atoms with van der Waals surface area (Å²) in [5, 5.41) is 19.6. The van der Waals surface area contributed by atoms with Crippen LogP contribution in [0.25, 0.3) is 0 Å². The Morgan fingerprint density at radius 2 is 1.93 bits per heavy atom. The summed E-state index contributed by atoms with van der Waals surface area (Å²) in [6, 6.07) is 0. The minimum atomic E-state index is -4.77. The number of carbonyl (C=O) groups is 1. The van der Waals surface area contributed by atoms with Gasteiger partial charge in [0.1, 0.15) is 0 Å². The maximum Gasteiger partial charge on any atom is 0.403 e. The highest BCUT2D eigenvalue weighted by Gasteiger charge is 2.44. The molecule has 0 aliphatic rings. The predicted molar refractivity (Wildman–Crippen MR) is 46.3 cm³/mol. The molecule has 4 nitrogen and oxygen atoms in total. The highest BCUT2D eigenvalue weighted by Crippen LogP contribution is 2.25. The third kappa shape index (κ3) is 5.58. The van der Waals surface area contributed by atoms with Crippen LogP contribution in [0.15, 0.2) is 0 Å². The van der Waals surface area contributed by atoms with Gasteiger partial charge in [-0.1, -0.05) is 6.92 Å². The lowest BCUT2D eigenvalue weighted by Gasteiger charge is -2.17. The number of rotatable bonds is 6. The number of hydrogen-bond donors (Lipinski definition) is 3. The van der Waals surface area contributed by atoms with Crippen molar-refractivity contribution in [1.29, 1.82) is 0 Å². The molecule has 7 heteroatoms. The van der Waals surface area contributed by atoms with Gasteiger partial charge in [0.2, 0.25) is 0 Å². The van der Waals surface area contributed by atoms with Gasteiger partial charge in [0.05, 0.1) is 6.10 Å². The summed E-state index contributed by atoms with van der Waals surface area (Å²) in [5.74, 6) is -4.34. The Labute approximate surface area is 85.1 Å². The van der Waals surface area contributed by atoms with E-state index in [1.807, 2.05) is 0 Å². The van der Waals surface area contributed by atoms with Gasteiger partial charge in [-0.25, -0.2) is 0 Å². The van der Waals surface area contributed by atoms with E-state index in [0.717, 1.165) is 0 Å². The van der Waals surface area contributed by atoms with Crippen LogP contribution < -0.4 is 5.32 Å². The SMILES string of the molecule is CCC(O)CNCC(C(=O)O)C(F)(F)F. The van der Waals surface area contributed by atoms with Crippen molar-refractivity contribution in [2.75, 3.05) is 13.1 Å². The topological polar surface area (TPSA) is 69.6 Å². The molecule has 2 unspecified atom stereocenters. The Morgan fingerprint density at radius 3 is 2.27 bits per heavy atom. The first-order valence-electron chi connectivity index (χ1n) is 4.47. The number of carboxylic acid groups (broad SMARTS) is 1. The Morgan fingerprint density at radius 1 is 1.40 bits per heavy atom. The van der Waals surface area contributed by atoms with E-state index in [-0.39, 0.29) is 6.54 Å². The third-order valence-electron chi connectivity index (χ3n) is 1.89. The molecule has 90 valence electrons. The van der Waals surface area contributed by atoms with Gasteiger partial charge < -0.3 is 15.5 Å². The Bertz CT molecular complexity index is 208. The number of carboxylic acids is 1. The molecule has 15 heavy (non-hydrogen) atoms. The van der Waals surface area contributed by atoms with Crippen molar-refractivity contribution in [3.8, 4) is 0 Å². The van der Waals surface area contributed by atoms with Gasteiger partial charge in [-0.3, -0.25) is 4.79 Å². The van der Waals surface area contributed by atoms with Crippen LogP contribution in [-0.4, -0.2) is 41.6 Å². The van der Waals surface area contributed by atoms with Crippen LogP contribution in [0, 0.1) is 5.92 Å². The summed E-state index contributed by atoms with van der Waals surface area (Å²) >= 11 is 0. The Balaban J connectivity index is 4.05. The van der Waals surface area contributed by atoms with Gasteiger partial charge in [-0.15, -0.1) is 0 Å². The molecule has 0 aliphatic heterocycles. The molecule has 0 aromatic heterocycles. The van der Waals surface area contributed by atoms with E-state index in [2.05, 4.69) is 5.32 Å². The largest absolute Gasteiger partial charge is 0.481 e. The molecule has 2 atom stereocenters.